The molecule has 0 spiro atoms. The summed E-state index contributed by atoms with van der Waals surface area (Å²) in [6.45, 7) is 1.93. The summed E-state index contributed by atoms with van der Waals surface area (Å²) in [6, 6.07) is 5.74. The molecule has 0 unspecified atom stereocenters. The van der Waals surface area contributed by atoms with Crippen LogP contribution in [0.4, 0.5) is 5.82 Å². The first-order chi connectivity index (χ1) is 7.75. The summed E-state index contributed by atoms with van der Waals surface area (Å²) >= 11 is 0. The lowest BCUT2D eigenvalue weighted by atomic mass is 10.3. The van der Waals surface area contributed by atoms with Crippen molar-refractivity contribution in [2.45, 2.75) is 13.3 Å². The Hall–Kier alpha value is -2.03. The summed E-state index contributed by atoms with van der Waals surface area (Å²) in [7, 11) is 0. The number of rotatable bonds is 2. The topological polar surface area (TPSA) is 45.1 Å². The van der Waals surface area contributed by atoms with Gasteiger partial charge in [0.1, 0.15) is 11.6 Å². The van der Waals surface area contributed by atoms with Gasteiger partial charge >= 0.3 is 0 Å². The van der Waals surface area contributed by atoms with Crippen molar-refractivity contribution in [3.05, 3.63) is 59.7 Å². The molecule has 0 bridgehead atoms. The lowest BCUT2D eigenvalue weighted by Crippen LogP contribution is -2.03. The van der Waals surface area contributed by atoms with Crippen LogP contribution in [0.3, 0.4) is 0 Å². The zero-order valence-corrected chi connectivity index (χ0v) is 9.14. The van der Waals surface area contributed by atoms with Crippen molar-refractivity contribution in [2.75, 3.05) is 5.32 Å². The van der Waals surface area contributed by atoms with Crippen LogP contribution in [-0.2, 0) is 0 Å². The van der Waals surface area contributed by atoms with Gasteiger partial charge in [0.2, 0.25) is 0 Å². The van der Waals surface area contributed by atoms with Crippen molar-refractivity contribution < 1.29 is 5.11 Å². The van der Waals surface area contributed by atoms with Crippen molar-refractivity contribution >= 4 is 5.82 Å². The summed E-state index contributed by atoms with van der Waals surface area (Å²) in [5.74, 6) is 1.07. The number of pyridine rings is 1. The van der Waals surface area contributed by atoms with Gasteiger partial charge in [-0.15, -0.1) is 0 Å². The minimum atomic E-state index is 0.327. The molecule has 2 rings (SSSR count). The monoisotopic (exact) mass is 214 g/mol. The highest BCUT2D eigenvalue weighted by molar-refractivity contribution is 5.47. The van der Waals surface area contributed by atoms with Gasteiger partial charge in [-0.3, -0.25) is 0 Å². The van der Waals surface area contributed by atoms with Crippen molar-refractivity contribution in [3.8, 4) is 0 Å². The van der Waals surface area contributed by atoms with Crippen molar-refractivity contribution in [3.63, 3.8) is 0 Å². The quantitative estimate of drug-likeness (QED) is 0.795. The summed E-state index contributed by atoms with van der Waals surface area (Å²) in [6.07, 6.45) is 8.09. The minimum Gasteiger partial charge on any atom is -0.510 e. The zero-order chi connectivity index (χ0) is 11.4. The molecular formula is C13H14N2O. The van der Waals surface area contributed by atoms with Crippen molar-refractivity contribution in [1.82, 2.24) is 4.98 Å². The number of nitrogens with zero attached hydrogens (tertiary/aromatic N) is 1. The van der Waals surface area contributed by atoms with Crippen LogP contribution in [0.15, 0.2) is 54.0 Å². The molecule has 82 valence electrons. The SMILES string of the molecule is Cc1cccc(NC2=C(O)CC=CC=C2)n1. The fourth-order valence-corrected chi connectivity index (χ4v) is 1.48. The Kier molecular flexibility index (Phi) is 3.05. The highest BCUT2D eigenvalue weighted by Crippen LogP contribution is 2.15. The molecule has 0 aromatic carbocycles. The van der Waals surface area contributed by atoms with E-state index in [0.717, 1.165) is 11.5 Å². The minimum absolute atomic E-state index is 0.327. The van der Waals surface area contributed by atoms with E-state index in [4.69, 9.17) is 0 Å². The van der Waals surface area contributed by atoms with Crippen molar-refractivity contribution in [2.24, 2.45) is 0 Å². The second-order valence-corrected chi connectivity index (χ2v) is 3.64. The maximum Gasteiger partial charge on any atom is 0.130 e. The fraction of sp³-hybridized carbons (Fsp3) is 0.154. The molecule has 2 N–H and O–H groups in total. The molecule has 0 fully saturated rings. The highest BCUT2D eigenvalue weighted by atomic mass is 16.3. The predicted octanol–water partition coefficient (Wildman–Crippen LogP) is 3.09. The summed E-state index contributed by atoms with van der Waals surface area (Å²) in [5.41, 5.74) is 1.64. The molecule has 3 nitrogen and oxygen atoms in total. The first-order valence-electron chi connectivity index (χ1n) is 5.22. The lowest BCUT2D eigenvalue weighted by Gasteiger charge is -2.08. The molecule has 1 aliphatic carbocycles. The van der Waals surface area contributed by atoms with Gasteiger partial charge in [0.25, 0.3) is 0 Å². The zero-order valence-electron chi connectivity index (χ0n) is 9.14. The van der Waals surface area contributed by atoms with Crippen LogP contribution in [0.1, 0.15) is 12.1 Å². The number of aliphatic hydroxyl groups excluding tert-OH is 1. The average molecular weight is 214 g/mol. The molecule has 1 heterocycles. The van der Waals surface area contributed by atoms with E-state index in [2.05, 4.69) is 10.3 Å². The molecule has 3 heteroatoms. The second-order valence-electron chi connectivity index (χ2n) is 3.64. The van der Waals surface area contributed by atoms with E-state index in [9.17, 15) is 5.11 Å². The maximum absolute atomic E-state index is 9.77. The van der Waals surface area contributed by atoms with Crippen LogP contribution in [0.5, 0.6) is 0 Å². The number of aliphatic hydroxyl groups is 1. The number of aryl methyl sites for hydroxylation is 1. The van der Waals surface area contributed by atoms with Crippen LogP contribution in [0.25, 0.3) is 0 Å². The highest BCUT2D eigenvalue weighted by Gasteiger charge is 2.04. The molecule has 16 heavy (non-hydrogen) atoms. The van der Waals surface area contributed by atoms with Gasteiger partial charge < -0.3 is 10.4 Å². The standard InChI is InChI=1S/C13H14N2O/c1-10-6-5-9-13(14-10)15-11-7-3-2-4-8-12(11)16/h2-7,9,16H,8H2,1H3,(H,14,15). The van der Waals surface area contributed by atoms with E-state index in [0.29, 0.717) is 17.9 Å². The maximum atomic E-state index is 9.77. The first-order valence-corrected chi connectivity index (χ1v) is 5.22. The second kappa shape index (κ2) is 4.66. The molecule has 0 saturated carbocycles. The third kappa shape index (κ3) is 2.51. The van der Waals surface area contributed by atoms with Crippen LogP contribution < -0.4 is 5.32 Å². The van der Waals surface area contributed by atoms with E-state index in [-0.39, 0.29) is 0 Å². The smallest absolute Gasteiger partial charge is 0.130 e. The number of hydrogen-bond acceptors (Lipinski definition) is 3. The number of hydrogen-bond donors (Lipinski definition) is 2. The summed E-state index contributed by atoms with van der Waals surface area (Å²) in [5, 5.41) is 12.9. The Morgan fingerprint density at radius 3 is 3.00 bits per heavy atom. The van der Waals surface area contributed by atoms with Gasteiger partial charge in [0.15, 0.2) is 0 Å². The Morgan fingerprint density at radius 2 is 2.19 bits per heavy atom. The Balaban J connectivity index is 2.21. The molecule has 1 aliphatic rings. The predicted molar refractivity (Wildman–Crippen MR) is 65.1 cm³/mol. The van der Waals surface area contributed by atoms with Crippen LogP contribution in [0.2, 0.25) is 0 Å². The van der Waals surface area contributed by atoms with Gasteiger partial charge in [-0.1, -0.05) is 24.3 Å². The summed E-state index contributed by atoms with van der Waals surface area (Å²) < 4.78 is 0. The molecule has 0 radical (unpaired) electrons. The lowest BCUT2D eigenvalue weighted by molar-refractivity contribution is 0.397. The van der Waals surface area contributed by atoms with E-state index in [1.165, 1.54) is 0 Å². The molecular weight excluding hydrogens is 200 g/mol. The largest absolute Gasteiger partial charge is 0.510 e. The normalized spacial score (nSPS) is 15.1. The molecule has 0 saturated heterocycles. The number of anilines is 1. The molecule has 1 aromatic rings. The van der Waals surface area contributed by atoms with E-state index in [1.807, 2.05) is 49.4 Å². The van der Waals surface area contributed by atoms with E-state index in [1.54, 1.807) is 0 Å². The summed E-state index contributed by atoms with van der Waals surface area (Å²) in [4.78, 5) is 4.32. The van der Waals surface area contributed by atoms with Gasteiger partial charge in [-0.05, 0) is 25.1 Å². The third-order valence-corrected chi connectivity index (χ3v) is 2.28. The van der Waals surface area contributed by atoms with Gasteiger partial charge in [-0.25, -0.2) is 4.98 Å². The Bertz CT molecular complexity index is 473. The van der Waals surface area contributed by atoms with Gasteiger partial charge in [0, 0.05) is 12.1 Å². The average Bonchev–Trinajstić information content (AvgIpc) is 2.45. The number of nitrogens with one attached hydrogen (secondary N) is 1. The number of allylic oxidation sites excluding steroid dienone is 4. The third-order valence-electron chi connectivity index (χ3n) is 2.28. The van der Waals surface area contributed by atoms with E-state index < -0.39 is 0 Å². The molecule has 0 atom stereocenters. The molecule has 0 aliphatic heterocycles. The van der Waals surface area contributed by atoms with Gasteiger partial charge in [0.05, 0.1) is 5.70 Å². The molecule has 0 amide bonds. The fourth-order valence-electron chi connectivity index (χ4n) is 1.48. The molecule has 1 aromatic heterocycles. The van der Waals surface area contributed by atoms with Gasteiger partial charge in [-0.2, -0.15) is 0 Å². The number of aromatic nitrogens is 1. The Morgan fingerprint density at radius 1 is 1.31 bits per heavy atom. The van der Waals surface area contributed by atoms with E-state index >= 15 is 0 Å². The first kappa shape index (κ1) is 10.5. The Labute approximate surface area is 94.8 Å². The van der Waals surface area contributed by atoms with Crippen LogP contribution in [-0.4, -0.2) is 10.1 Å². The van der Waals surface area contributed by atoms with Crippen LogP contribution in [0, 0.1) is 6.92 Å². The van der Waals surface area contributed by atoms with Crippen LogP contribution >= 0.6 is 0 Å². The van der Waals surface area contributed by atoms with Crippen molar-refractivity contribution in [1.29, 1.82) is 0 Å².